The van der Waals surface area contributed by atoms with Crippen molar-refractivity contribution in [3.8, 4) is 0 Å². The number of hydrogen-bond acceptors (Lipinski definition) is 3. The van der Waals surface area contributed by atoms with Gasteiger partial charge in [0.25, 0.3) is 0 Å². The maximum atomic E-state index is 4.46. The Kier molecular flexibility index (Phi) is 3.79. The van der Waals surface area contributed by atoms with Crippen LogP contribution >= 0.6 is 15.9 Å². The van der Waals surface area contributed by atoms with E-state index in [0.29, 0.717) is 0 Å². The fourth-order valence-electron chi connectivity index (χ4n) is 2.39. The van der Waals surface area contributed by atoms with Crippen LogP contribution in [0.3, 0.4) is 0 Å². The zero-order valence-electron chi connectivity index (χ0n) is 9.91. The van der Waals surface area contributed by atoms with Gasteiger partial charge >= 0.3 is 0 Å². The van der Waals surface area contributed by atoms with Crippen LogP contribution in [0.1, 0.15) is 31.5 Å². The standard InChI is InChI=1S/C12H18BrN3/c1-9-14-11(13)7-12(15-9)16(2)8-10-5-3-4-6-10/h7,10H,3-6,8H2,1-2H3. The summed E-state index contributed by atoms with van der Waals surface area (Å²) in [6, 6.07) is 1.99. The minimum absolute atomic E-state index is 0.822. The van der Waals surface area contributed by atoms with E-state index >= 15 is 0 Å². The van der Waals surface area contributed by atoms with Gasteiger partial charge in [-0.15, -0.1) is 0 Å². The van der Waals surface area contributed by atoms with E-state index < -0.39 is 0 Å². The lowest BCUT2D eigenvalue weighted by atomic mass is 10.1. The van der Waals surface area contributed by atoms with Crippen molar-refractivity contribution in [1.82, 2.24) is 9.97 Å². The first-order chi connectivity index (χ1) is 7.65. The molecule has 0 amide bonds. The Bertz CT molecular complexity index is 341. The number of hydrogen-bond donors (Lipinski definition) is 0. The van der Waals surface area contributed by atoms with Crippen molar-refractivity contribution in [1.29, 1.82) is 0 Å². The molecule has 4 heteroatoms. The average Bonchev–Trinajstić information content (AvgIpc) is 2.68. The summed E-state index contributed by atoms with van der Waals surface area (Å²) in [4.78, 5) is 10.9. The molecule has 1 aliphatic carbocycles. The fourth-order valence-corrected chi connectivity index (χ4v) is 2.85. The van der Waals surface area contributed by atoms with Gasteiger partial charge in [0, 0.05) is 19.7 Å². The third kappa shape index (κ3) is 2.94. The molecule has 0 saturated heterocycles. The summed E-state index contributed by atoms with van der Waals surface area (Å²) in [6.45, 7) is 3.04. The van der Waals surface area contributed by atoms with Crippen LogP contribution in [0.2, 0.25) is 0 Å². The van der Waals surface area contributed by atoms with Gasteiger partial charge in [0.15, 0.2) is 0 Å². The first-order valence-electron chi connectivity index (χ1n) is 5.87. The number of nitrogens with zero attached hydrogens (tertiary/aromatic N) is 3. The SMILES string of the molecule is Cc1nc(Br)cc(N(C)CC2CCCC2)n1. The van der Waals surface area contributed by atoms with Gasteiger partial charge in [-0.2, -0.15) is 0 Å². The molecule has 16 heavy (non-hydrogen) atoms. The topological polar surface area (TPSA) is 29.0 Å². The molecule has 0 N–H and O–H groups in total. The molecule has 0 unspecified atom stereocenters. The Morgan fingerprint density at radius 2 is 2.06 bits per heavy atom. The molecule has 1 saturated carbocycles. The van der Waals surface area contributed by atoms with Crippen molar-refractivity contribution in [3.63, 3.8) is 0 Å². The van der Waals surface area contributed by atoms with Crippen LogP contribution in [0.15, 0.2) is 10.7 Å². The normalized spacial score (nSPS) is 16.7. The number of aryl methyl sites for hydroxylation is 1. The van der Waals surface area contributed by atoms with E-state index in [9.17, 15) is 0 Å². The summed E-state index contributed by atoms with van der Waals surface area (Å²) < 4.78 is 0.869. The number of rotatable bonds is 3. The molecule has 1 aliphatic rings. The van der Waals surface area contributed by atoms with Gasteiger partial charge in [-0.05, 0) is 41.6 Å². The highest BCUT2D eigenvalue weighted by Gasteiger charge is 2.17. The zero-order valence-corrected chi connectivity index (χ0v) is 11.5. The Balaban J connectivity index is 2.04. The van der Waals surface area contributed by atoms with Crippen LogP contribution in [0.4, 0.5) is 5.82 Å². The molecule has 1 aromatic rings. The molecule has 0 aliphatic heterocycles. The van der Waals surface area contributed by atoms with Crippen LogP contribution in [-0.2, 0) is 0 Å². The molecule has 0 atom stereocenters. The van der Waals surface area contributed by atoms with Crippen molar-refractivity contribution in [2.24, 2.45) is 5.92 Å². The summed E-state index contributed by atoms with van der Waals surface area (Å²) in [5, 5.41) is 0. The van der Waals surface area contributed by atoms with Crippen LogP contribution in [0.5, 0.6) is 0 Å². The quantitative estimate of drug-likeness (QED) is 0.798. The largest absolute Gasteiger partial charge is 0.359 e. The Morgan fingerprint density at radius 3 is 2.69 bits per heavy atom. The molecular weight excluding hydrogens is 266 g/mol. The molecule has 1 heterocycles. The molecule has 1 aromatic heterocycles. The van der Waals surface area contributed by atoms with Gasteiger partial charge in [-0.25, -0.2) is 9.97 Å². The average molecular weight is 284 g/mol. The lowest BCUT2D eigenvalue weighted by Gasteiger charge is -2.22. The van der Waals surface area contributed by atoms with E-state index in [4.69, 9.17) is 0 Å². The number of halogens is 1. The Labute approximate surface area is 105 Å². The van der Waals surface area contributed by atoms with Crippen molar-refractivity contribution in [2.45, 2.75) is 32.6 Å². The second-order valence-electron chi connectivity index (χ2n) is 4.63. The van der Waals surface area contributed by atoms with Gasteiger partial charge in [-0.3, -0.25) is 0 Å². The van der Waals surface area contributed by atoms with Gasteiger partial charge in [0.2, 0.25) is 0 Å². The summed E-state index contributed by atoms with van der Waals surface area (Å²) in [5.41, 5.74) is 0. The molecule has 0 radical (unpaired) electrons. The lowest BCUT2D eigenvalue weighted by molar-refractivity contribution is 0.544. The highest BCUT2D eigenvalue weighted by Crippen LogP contribution is 2.26. The lowest BCUT2D eigenvalue weighted by Crippen LogP contribution is -2.25. The van der Waals surface area contributed by atoms with E-state index in [-0.39, 0.29) is 0 Å². The minimum atomic E-state index is 0.822. The van der Waals surface area contributed by atoms with Crippen LogP contribution in [-0.4, -0.2) is 23.6 Å². The van der Waals surface area contributed by atoms with Crippen molar-refractivity contribution in [2.75, 3.05) is 18.5 Å². The Hall–Kier alpha value is -0.640. The predicted octanol–water partition coefficient (Wildman–Crippen LogP) is 3.17. The van der Waals surface area contributed by atoms with Gasteiger partial charge in [0.05, 0.1) is 0 Å². The van der Waals surface area contributed by atoms with Crippen molar-refractivity contribution >= 4 is 21.7 Å². The molecule has 2 rings (SSSR count). The summed E-state index contributed by atoms with van der Waals surface area (Å²) in [7, 11) is 2.12. The summed E-state index contributed by atoms with van der Waals surface area (Å²) >= 11 is 3.42. The molecule has 0 spiro atoms. The molecule has 3 nitrogen and oxygen atoms in total. The van der Waals surface area contributed by atoms with E-state index in [1.54, 1.807) is 0 Å². The van der Waals surface area contributed by atoms with E-state index in [1.165, 1.54) is 25.7 Å². The third-order valence-electron chi connectivity index (χ3n) is 3.19. The number of aromatic nitrogens is 2. The van der Waals surface area contributed by atoms with Gasteiger partial charge in [-0.1, -0.05) is 12.8 Å². The third-order valence-corrected chi connectivity index (χ3v) is 3.60. The zero-order chi connectivity index (χ0) is 11.5. The minimum Gasteiger partial charge on any atom is -0.359 e. The highest BCUT2D eigenvalue weighted by atomic mass is 79.9. The van der Waals surface area contributed by atoms with E-state index in [2.05, 4.69) is 37.8 Å². The molecule has 88 valence electrons. The molecule has 0 aromatic carbocycles. The van der Waals surface area contributed by atoms with Crippen molar-refractivity contribution in [3.05, 3.63) is 16.5 Å². The maximum Gasteiger partial charge on any atom is 0.133 e. The smallest absolute Gasteiger partial charge is 0.133 e. The maximum absolute atomic E-state index is 4.46. The van der Waals surface area contributed by atoms with Gasteiger partial charge < -0.3 is 4.90 Å². The first-order valence-corrected chi connectivity index (χ1v) is 6.67. The number of anilines is 1. The highest BCUT2D eigenvalue weighted by molar-refractivity contribution is 9.10. The molecular formula is C12H18BrN3. The van der Waals surface area contributed by atoms with Crippen LogP contribution in [0, 0.1) is 12.8 Å². The van der Waals surface area contributed by atoms with Crippen LogP contribution in [0.25, 0.3) is 0 Å². The summed E-state index contributed by atoms with van der Waals surface area (Å²) in [6.07, 6.45) is 5.53. The van der Waals surface area contributed by atoms with Crippen molar-refractivity contribution < 1.29 is 0 Å². The van der Waals surface area contributed by atoms with E-state index in [1.807, 2.05) is 13.0 Å². The monoisotopic (exact) mass is 283 g/mol. The predicted molar refractivity (Wildman–Crippen MR) is 69.7 cm³/mol. The second kappa shape index (κ2) is 5.13. The Morgan fingerprint density at radius 1 is 1.38 bits per heavy atom. The first kappa shape index (κ1) is 11.8. The molecule has 1 fully saturated rings. The van der Waals surface area contributed by atoms with Gasteiger partial charge in [0.1, 0.15) is 16.2 Å². The van der Waals surface area contributed by atoms with Crippen LogP contribution < -0.4 is 4.90 Å². The second-order valence-corrected chi connectivity index (χ2v) is 5.44. The summed E-state index contributed by atoms with van der Waals surface area (Å²) in [5.74, 6) is 2.69. The fraction of sp³-hybridized carbons (Fsp3) is 0.667. The van der Waals surface area contributed by atoms with E-state index in [0.717, 1.165) is 28.7 Å². The molecule has 0 bridgehead atoms.